The molecule has 3 nitrogen and oxygen atoms in total. The molecule has 0 aliphatic carbocycles. The van der Waals surface area contributed by atoms with Gasteiger partial charge in [0.15, 0.2) is 5.16 Å². The predicted octanol–water partition coefficient (Wildman–Crippen LogP) is 4.74. The molecule has 3 aromatic rings. The van der Waals surface area contributed by atoms with Gasteiger partial charge in [-0.25, -0.2) is 4.98 Å². The zero-order valence-electron chi connectivity index (χ0n) is 12.9. The molecule has 0 radical (unpaired) electrons. The Labute approximate surface area is 135 Å². The highest BCUT2D eigenvalue weighted by molar-refractivity contribution is 7.99. The van der Waals surface area contributed by atoms with Gasteiger partial charge in [-0.2, -0.15) is 0 Å². The number of H-pyrrole nitrogens is 1. The number of benzene rings is 2. The van der Waals surface area contributed by atoms with Gasteiger partial charge in [0.2, 0.25) is 0 Å². The van der Waals surface area contributed by atoms with Gasteiger partial charge >= 0.3 is 0 Å². The molecule has 114 valence electrons. The number of nitrogens with one attached hydrogen (secondary N) is 1. The molecule has 0 amide bonds. The summed E-state index contributed by atoms with van der Waals surface area (Å²) in [6, 6.07) is 14.4. The van der Waals surface area contributed by atoms with Crippen molar-refractivity contribution in [1.29, 1.82) is 0 Å². The lowest BCUT2D eigenvalue weighted by atomic mass is 10.2. The van der Waals surface area contributed by atoms with E-state index in [1.165, 1.54) is 11.1 Å². The maximum Gasteiger partial charge on any atom is 0.166 e. The Hall–Kier alpha value is -1.94. The predicted molar refractivity (Wildman–Crippen MR) is 92.8 cm³/mol. The molecular formula is C18H20N2OS. The second-order valence-electron chi connectivity index (χ2n) is 5.38. The van der Waals surface area contributed by atoms with Crippen LogP contribution in [-0.2, 0) is 0 Å². The van der Waals surface area contributed by atoms with Gasteiger partial charge < -0.3 is 9.72 Å². The van der Waals surface area contributed by atoms with E-state index in [1.807, 2.05) is 18.2 Å². The lowest BCUT2D eigenvalue weighted by Gasteiger charge is -2.07. The van der Waals surface area contributed by atoms with Crippen LogP contribution < -0.4 is 4.74 Å². The van der Waals surface area contributed by atoms with Gasteiger partial charge in [0.25, 0.3) is 0 Å². The number of aromatic amines is 1. The summed E-state index contributed by atoms with van der Waals surface area (Å²) in [5, 5.41) is 0.983. The van der Waals surface area contributed by atoms with Crippen molar-refractivity contribution < 1.29 is 4.74 Å². The van der Waals surface area contributed by atoms with E-state index in [9.17, 15) is 0 Å². The van der Waals surface area contributed by atoms with E-state index in [1.54, 1.807) is 11.8 Å². The number of hydrogen-bond donors (Lipinski definition) is 1. The number of nitrogens with zero attached hydrogens (tertiary/aromatic N) is 1. The number of imidazole rings is 1. The minimum atomic E-state index is 0.733. The van der Waals surface area contributed by atoms with Gasteiger partial charge in [-0.3, -0.25) is 0 Å². The number of rotatable bonds is 6. The Morgan fingerprint density at radius 1 is 1.14 bits per heavy atom. The van der Waals surface area contributed by atoms with Crippen molar-refractivity contribution in [2.24, 2.45) is 0 Å². The first-order valence-corrected chi connectivity index (χ1v) is 8.48. The Balaban J connectivity index is 1.47. The van der Waals surface area contributed by atoms with Crippen molar-refractivity contribution in [3.8, 4) is 5.75 Å². The maximum atomic E-state index is 5.81. The van der Waals surface area contributed by atoms with Gasteiger partial charge in [0.1, 0.15) is 5.75 Å². The van der Waals surface area contributed by atoms with E-state index in [2.05, 4.69) is 48.1 Å². The highest BCUT2D eigenvalue weighted by Crippen LogP contribution is 2.21. The molecule has 1 aromatic heterocycles. The van der Waals surface area contributed by atoms with Crippen molar-refractivity contribution >= 4 is 22.8 Å². The number of para-hydroxylation sites is 1. The van der Waals surface area contributed by atoms with Crippen molar-refractivity contribution in [1.82, 2.24) is 9.97 Å². The summed E-state index contributed by atoms with van der Waals surface area (Å²) in [5.41, 5.74) is 4.57. The molecule has 0 saturated carbocycles. The molecule has 0 aliphatic rings. The minimum Gasteiger partial charge on any atom is -0.493 e. The van der Waals surface area contributed by atoms with Crippen LogP contribution in [0.1, 0.15) is 17.5 Å². The fraction of sp³-hybridized carbons (Fsp3) is 0.278. The number of hydrogen-bond acceptors (Lipinski definition) is 3. The zero-order chi connectivity index (χ0) is 15.4. The topological polar surface area (TPSA) is 37.9 Å². The van der Waals surface area contributed by atoms with Gasteiger partial charge in [-0.05, 0) is 49.6 Å². The van der Waals surface area contributed by atoms with Crippen molar-refractivity contribution in [3.05, 3.63) is 53.6 Å². The monoisotopic (exact) mass is 312 g/mol. The van der Waals surface area contributed by atoms with Gasteiger partial charge in [0, 0.05) is 5.75 Å². The van der Waals surface area contributed by atoms with Crippen LogP contribution in [0, 0.1) is 13.8 Å². The van der Waals surface area contributed by atoms with Crippen molar-refractivity contribution in [2.45, 2.75) is 25.4 Å². The van der Waals surface area contributed by atoms with E-state index >= 15 is 0 Å². The molecule has 0 unspecified atom stereocenters. The van der Waals surface area contributed by atoms with Crippen LogP contribution in [0.3, 0.4) is 0 Å². The first-order valence-electron chi connectivity index (χ1n) is 7.50. The van der Waals surface area contributed by atoms with Crippen LogP contribution in [0.4, 0.5) is 0 Å². The molecule has 0 atom stereocenters. The fourth-order valence-corrected chi connectivity index (χ4v) is 3.10. The summed E-state index contributed by atoms with van der Waals surface area (Å²) in [4.78, 5) is 7.96. The molecular weight excluding hydrogens is 292 g/mol. The first-order chi connectivity index (χ1) is 10.7. The molecule has 3 rings (SSSR count). The number of aromatic nitrogens is 2. The molecule has 4 heteroatoms. The van der Waals surface area contributed by atoms with Crippen LogP contribution in [0.15, 0.2) is 47.6 Å². The molecule has 0 aliphatic heterocycles. The summed E-state index contributed by atoms with van der Waals surface area (Å²) < 4.78 is 5.81. The molecule has 0 fully saturated rings. The van der Waals surface area contributed by atoms with Crippen LogP contribution >= 0.6 is 11.8 Å². The van der Waals surface area contributed by atoms with E-state index < -0.39 is 0 Å². The first kappa shape index (κ1) is 15.0. The third-order valence-corrected chi connectivity index (χ3v) is 4.45. The number of thioether (sulfide) groups is 1. The quantitative estimate of drug-likeness (QED) is 0.527. The molecule has 1 heterocycles. The summed E-state index contributed by atoms with van der Waals surface area (Å²) >= 11 is 1.74. The largest absolute Gasteiger partial charge is 0.493 e. The number of aryl methyl sites for hydroxylation is 2. The van der Waals surface area contributed by atoms with E-state index in [0.717, 1.165) is 40.7 Å². The highest BCUT2D eigenvalue weighted by atomic mass is 32.2. The van der Waals surface area contributed by atoms with Gasteiger partial charge in [-0.15, -0.1) is 0 Å². The standard InChI is InChI=1S/C18H20N2OS/c1-13-8-9-15-16(12-13)20-18(19-15)22-11-5-10-21-17-7-4-3-6-14(17)2/h3-4,6-9,12H,5,10-11H2,1-2H3,(H,19,20). The fourth-order valence-electron chi connectivity index (χ4n) is 2.30. The molecule has 0 spiro atoms. The number of ether oxygens (including phenoxy) is 1. The maximum absolute atomic E-state index is 5.81. The molecule has 1 N–H and O–H groups in total. The Bertz CT molecular complexity index is 767. The molecule has 0 saturated heterocycles. The van der Waals surface area contributed by atoms with Crippen LogP contribution in [0.5, 0.6) is 5.75 Å². The molecule has 0 bridgehead atoms. The summed E-state index contributed by atoms with van der Waals surface area (Å²) in [6.45, 7) is 4.90. The van der Waals surface area contributed by atoms with Crippen LogP contribution in [0.25, 0.3) is 11.0 Å². The Morgan fingerprint density at radius 3 is 2.86 bits per heavy atom. The SMILES string of the molecule is Cc1ccc2nc(SCCCOc3ccccc3C)[nH]c2c1. The van der Waals surface area contributed by atoms with Crippen LogP contribution in [-0.4, -0.2) is 22.3 Å². The van der Waals surface area contributed by atoms with Gasteiger partial charge in [0.05, 0.1) is 17.6 Å². The average Bonchev–Trinajstić information content (AvgIpc) is 2.90. The zero-order valence-corrected chi connectivity index (χ0v) is 13.7. The second kappa shape index (κ2) is 6.88. The highest BCUT2D eigenvalue weighted by Gasteiger charge is 2.03. The Kier molecular flexibility index (Phi) is 4.68. The summed E-state index contributed by atoms with van der Waals surface area (Å²) in [6.07, 6.45) is 0.995. The smallest absolute Gasteiger partial charge is 0.166 e. The normalized spacial score (nSPS) is 11.0. The Morgan fingerprint density at radius 2 is 2.00 bits per heavy atom. The van der Waals surface area contributed by atoms with Crippen molar-refractivity contribution in [2.75, 3.05) is 12.4 Å². The minimum absolute atomic E-state index is 0.733. The van der Waals surface area contributed by atoms with Gasteiger partial charge in [-0.1, -0.05) is 36.0 Å². The van der Waals surface area contributed by atoms with E-state index in [-0.39, 0.29) is 0 Å². The van der Waals surface area contributed by atoms with Crippen LogP contribution in [0.2, 0.25) is 0 Å². The lowest BCUT2D eigenvalue weighted by Crippen LogP contribution is -2.00. The van der Waals surface area contributed by atoms with E-state index in [4.69, 9.17) is 4.74 Å². The number of fused-ring (bicyclic) bond motifs is 1. The molecule has 22 heavy (non-hydrogen) atoms. The van der Waals surface area contributed by atoms with Crippen molar-refractivity contribution in [3.63, 3.8) is 0 Å². The third kappa shape index (κ3) is 3.63. The summed E-state index contributed by atoms with van der Waals surface area (Å²) in [5.74, 6) is 1.97. The summed E-state index contributed by atoms with van der Waals surface area (Å²) in [7, 11) is 0. The molecule has 2 aromatic carbocycles. The second-order valence-corrected chi connectivity index (χ2v) is 6.46. The third-order valence-electron chi connectivity index (χ3n) is 3.49. The average molecular weight is 312 g/mol. The lowest BCUT2D eigenvalue weighted by molar-refractivity contribution is 0.316. The van der Waals surface area contributed by atoms with E-state index in [0.29, 0.717) is 0 Å².